The molecule has 0 unspecified atom stereocenters. The fraction of sp³-hybridized carbons (Fsp3) is 0.682. The lowest BCUT2D eigenvalue weighted by Crippen LogP contribution is -2.47. The minimum Gasteiger partial charge on any atom is -0.493 e. The van der Waals surface area contributed by atoms with Crippen LogP contribution < -0.4 is 4.74 Å². The summed E-state index contributed by atoms with van der Waals surface area (Å²) in [5.41, 5.74) is 2.12. The number of ether oxygens (including phenoxy) is 1. The van der Waals surface area contributed by atoms with Crippen LogP contribution in [0.4, 0.5) is 0 Å². The van der Waals surface area contributed by atoms with Crippen LogP contribution in [0.2, 0.25) is 0 Å². The molecular formula is C22H28O2. The van der Waals surface area contributed by atoms with Gasteiger partial charge in [0.05, 0.1) is 6.61 Å². The number of rotatable bonds is 5. The summed E-state index contributed by atoms with van der Waals surface area (Å²) in [5, 5.41) is 0. The second-order valence-electron chi connectivity index (χ2n) is 8.99. The molecule has 4 bridgehead atoms. The Bertz CT molecular complexity index is 630. The predicted octanol–water partition coefficient (Wildman–Crippen LogP) is 5.22. The molecule has 2 nitrogen and oxygen atoms in total. The van der Waals surface area contributed by atoms with E-state index in [-0.39, 0.29) is 5.78 Å². The van der Waals surface area contributed by atoms with E-state index in [0.29, 0.717) is 5.92 Å². The molecule has 5 aliphatic carbocycles. The predicted molar refractivity (Wildman–Crippen MR) is 94.5 cm³/mol. The highest BCUT2D eigenvalue weighted by molar-refractivity contribution is 5.94. The van der Waals surface area contributed by atoms with Gasteiger partial charge < -0.3 is 4.74 Å². The summed E-state index contributed by atoms with van der Waals surface area (Å²) in [5.74, 6) is 6.50. The van der Waals surface area contributed by atoms with Gasteiger partial charge in [0.15, 0.2) is 5.78 Å². The summed E-state index contributed by atoms with van der Waals surface area (Å²) in [6.45, 7) is 2.55. The van der Waals surface area contributed by atoms with Gasteiger partial charge in [0.25, 0.3) is 0 Å². The average molecular weight is 324 g/mol. The zero-order valence-corrected chi connectivity index (χ0v) is 14.7. The molecule has 0 heterocycles. The van der Waals surface area contributed by atoms with Crippen LogP contribution in [-0.2, 0) is 0 Å². The van der Waals surface area contributed by atoms with E-state index in [4.69, 9.17) is 4.74 Å². The van der Waals surface area contributed by atoms with E-state index in [0.717, 1.165) is 47.5 Å². The third-order valence-electron chi connectivity index (χ3n) is 7.29. The van der Waals surface area contributed by atoms with Crippen LogP contribution in [0.3, 0.4) is 0 Å². The van der Waals surface area contributed by atoms with Crippen molar-refractivity contribution in [3.63, 3.8) is 0 Å². The zero-order chi connectivity index (χ0) is 16.3. The van der Waals surface area contributed by atoms with Gasteiger partial charge in [-0.25, -0.2) is 0 Å². The summed E-state index contributed by atoms with van der Waals surface area (Å²) in [7, 11) is 0. The molecule has 0 spiro atoms. The Kier molecular flexibility index (Phi) is 3.50. The lowest BCUT2D eigenvalue weighted by molar-refractivity contribution is -0.0530. The lowest BCUT2D eigenvalue weighted by Gasteiger charge is -2.54. The van der Waals surface area contributed by atoms with Crippen molar-refractivity contribution in [2.24, 2.45) is 29.6 Å². The van der Waals surface area contributed by atoms with Gasteiger partial charge in [-0.2, -0.15) is 0 Å². The van der Waals surface area contributed by atoms with Crippen molar-refractivity contribution >= 4 is 5.78 Å². The summed E-state index contributed by atoms with van der Waals surface area (Å²) < 4.78 is 6.39. The van der Waals surface area contributed by atoms with E-state index in [1.54, 1.807) is 6.92 Å². The van der Waals surface area contributed by atoms with Crippen LogP contribution in [0.1, 0.15) is 73.7 Å². The van der Waals surface area contributed by atoms with Crippen LogP contribution in [0.15, 0.2) is 18.2 Å². The molecule has 24 heavy (non-hydrogen) atoms. The maximum Gasteiger partial charge on any atom is 0.159 e. The highest BCUT2D eigenvalue weighted by Gasteiger charge is 2.48. The highest BCUT2D eigenvalue weighted by atomic mass is 16.5. The van der Waals surface area contributed by atoms with Gasteiger partial charge in [0, 0.05) is 5.56 Å². The molecule has 128 valence electrons. The summed E-state index contributed by atoms with van der Waals surface area (Å²) in [6.07, 6.45) is 9.84. The normalized spacial score (nSPS) is 36.8. The molecule has 1 aromatic rings. The minimum absolute atomic E-state index is 0.157. The molecule has 0 N–H and O–H groups in total. The van der Waals surface area contributed by atoms with Crippen LogP contribution >= 0.6 is 0 Å². The monoisotopic (exact) mass is 324 g/mol. The lowest BCUT2D eigenvalue weighted by atomic mass is 9.52. The van der Waals surface area contributed by atoms with Gasteiger partial charge in [0.1, 0.15) is 5.75 Å². The topological polar surface area (TPSA) is 26.3 Å². The minimum atomic E-state index is 0.157. The molecule has 0 radical (unpaired) electrons. The maximum absolute atomic E-state index is 11.7. The van der Waals surface area contributed by atoms with Gasteiger partial charge in [0.2, 0.25) is 0 Å². The Morgan fingerprint density at radius 3 is 2.29 bits per heavy atom. The van der Waals surface area contributed by atoms with Gasteiger partial charge in [-0.1, -0.05) is 0 Å². The molecule has 0 amide bonds. The first-order chi connectivity index (χ1) is 11.7. The fourth-order valence-electron chi connectivity index (χ4n) is 6.11. The zero-order valence-electron chi connectivity index (χ0n) is 14.7. The summed E-state index contributed by atoms with van der Waals surface area (Å²) >= 11 is 0. The molecule has 0 saturated heterocycles. The van der Waals surface area contributed by atoms with Gasteiger partial charge in [-0.15, -0.1) is 0 Å². The molecule has 0 aromatic heterocycles. The SMILES string of the molecule is CC(=O)c1ccc(OCC2C3CC4CC(C3)CC2C4)c(C2CC2)c1. The largest absolute Gasteiger partial charge is 0.493 e. The molecule has 0 atom stereocenters. The second-order valence-corrected chi connectivity index (χ2v) is 8.99. The van der Waals surface area contributed by atoms with Crippen molar-refractivity contribution in [2.45, 2.75) is 57.8 Å². The first-order valence-corrected chi connectivity index (χ1v) is 9.95. The number of hydrogen-bond donors (Lipinski definition) is 0. The number of ketones is 1. The molecule has 5 fully saturated rings. The van der Waals surface area contributed by atoms with Crippen molar-refractivity contribution in [2.75, 3.05) is 6.61 Å². The third kappa shape index (κ3) is 2.59. The molecule has 5 saturated carbocycles. The quantitative estimate of drug-likeness (QED) is 0.694. The summed E-state index contributed by atoms with van der Waals surface area (Å²) in [4.78, 5) is 11.7. The van der Waals surface area contributed by atoms with E-state index < -0.39 is 0 Å². The van der Waals surface area contributed by atoms with Crippen molar-refractivity contribution in [3.05, 3.63) is 29.3 Å². The molecule has 5 aliphatic rings. The number of carbonyl (C=O) groups is 1. The molecule has 6 rings (SSSR count). The van der Waals surface area contributed by atoms with E-state index in [1.807, 2.05) is 6.07 Å². The Morgan fingerprint density at radius 1 is 1.04 bits per heavy atom. The first-order valence-electron chi connectivity index (χ1n) is 9.95. The van der Waals surface area contributed by atoms with Crippen molar-refractivity contribution in [1.82, 2.24) is 0 Å². The molecular weight excluding hydrogens is 296 g/mol. The Morgan fingerprint density at radius 2 is 1.71 bits per heavy atom. The number of benzene rings is 1. The third-order valence-corrected chi connectivity index (χ3v) is 7.29. The summed E-state index contributed by atoms with van der Waals surface area (Å²) in [6, 6.07) is 6.09. The highest BCUT2D eigenvalue weighted by Crippen LogP contribution is 2.56. The van der Waals surface area contributed by atoms with Crippen LogP contribution in [0.25, 0.3) is 0 Å². The van der Waals surface area contributed by atoms with Crippen LogP contribution in [0.5, 0.6) is 5.75 Å². The fourth-order valence-corrected chi connectivity index (χ4v) is 6.11. The molecule has 1 aromatic carbocycles. The van der Waals surface area contributed by atoms with Gasteiger partial charge >= 0.3 is 0 Å². The Hall–Kier alpha value is -1.31. The van der Waals surface area contributed by atoms with Crippen molar-refractivity contribution in [3.8, 4) is 5.75 Å². The van der Waals surface area contributed by atoms with E-state index in [1.165, 1.54) is 50.5 Å². The Balaban J connectivity index is 1.32. The van der Waals surface area contributed by atoms with E-state index in [2.05, 4.69) is 12.1 Å². The molecule has 2 heteroatoms. The van der Waals surface area contributed by atoms with E-state index >= 15 is 0 Å². The Labute approximate surface area is 145 Å². The van der Waals surface area contributed by atoms with Crippen molar-refractivity contribution < 1.29 is 9.53 Å². The second kappa shape index (κ2) is 5.61. The number of carbonyl (C=O) groups excluding carboxylic acids is 1. The smallest absolute Gasteiger partial charge is 0.159 e. The van der Waals surface area contributed by atoms with Gasteiger partial charge in [-0.3, -0.25) is 4.79 Å². The number of Topliss-reactive ketones (excluding diaryl/α,β-unsaturated/α-hetero) is 1. The average Bonchev–Trinajstić information content (AvgIpc) is 3.38. The van der Waals surface area contributed by atoms with Gasteiger partial charge in [-0.05, 0) is 111 Å². The van der Waals surface area contributed by atoms with Crippen molar-refractivity contribution in [1.29, 1.82) is 0 Å². The van der Waals surface area contributed by atoms with E-state index in [9.17, 15) is 4.79 Å². The number of hydrogen-bond acceptors (Lipinski definition) is 2. The van der Waals surface area contributed by atoms with Crippen LogP contribution in [0, 0.1) is 29.6 Å². The standard InChI is InChI=1S/C22H28O2/c1-13(23)17-4-5-22(20(11-17)16-2-3-16)24-12-21-18-7-14-6-15(9-18)10-19(21)8-14/h4-5,11,14-16,18-19,21H,2-3,6-10,12H2,1H3. The molecule has 0 aliphatic heterocycles. The first kappa shape index (κ1) is 15.0. The maximum atomic E-state index is 11.7. The van der Waals surface area contributed by atoms with Crippen LogP contribution in [-0.4, -0.2) is 12.4 Å².